The number of furan rings is 1. The lowest BCUT2D eigenvalue weighted by Gasteiger charge is -2.24. The Hall–Kier alpha value is -3.06. The third-order valence-electron chi connectivity index (χ3n) is 4.86. The van der Waals surface area contributed by atoms with Gasteiger partial charge < -0.3 is 24.1 Å². The molecule has 1 saturated heterocycles. The highest BCUT2D eigenvalue weighted by Gasteiger charge is 2.47. The summed E-state index contributed by atoms with van der Waals surface area (Å²) in [5.41, 5.74) is 0.478. The Kier molecular flexibility index (Phi) is 6.62. The summed E-state index contributed by atoms with van der Waals surface area (Å²) in [7, 11) is 3.90. The molecule has 1 aliphatic rings. The fourth-order valence-corrected chi connectivity index (χ4v) is 3.53. The summed E-state index contributed by atoms with van der Waals surface area (Å²) in [5, 5.41) is 11.0. The van der Waals surface area contributed by atoms with Crippen LogP contribution in [0.1, 0.15) is 37.6 Å². The van der Waals surface area contributed by atoms with Crippen LogP contribution in [0.3, 0.4) is 0 Å². The highest BCUT2D eigenvalue weighted by Crippen LogP contribution is 2.39. The SMILES string of the molecule is CC(C)Oc1ccc(/C(O)=C2\C(=O)C(=O)N(CCCN(C)C)[C@@H]2c2ccco2)cc1. The van der Waals surface area contributed by atoms with E-state index in [1.165, 1.54) is 11.2 Å². The van der Waals surface area contributed by atoms with E-state index in [4.69, 9.17) is 9.15 Å². The third-order valence-corrected chi connectivity index (χ3v) is 4.86. The van der Waals surface area contributed by atoms with Crippen LogP contribution < -0.4 is 4.74 Å². The van der Waals surface area contributed by atoms with Crippen molar-refractivity contribution in [3.8, 4) is 5.75 Å². The minimum atomic E-state index is -0.756. The average Bonchev–Trinajstić information content (AvgIpc) is 3.30. The van der Waals surface area contributed by atoms with Crippen molar-refractivity contribution in [2.45, 2.75) is 32.4 Å². The van der Waals surface area contributed by atoms with Gasteiger partial charge in [-0.05, 0) is 77.3 Å². The summed E-state index contributed by atoms with van der Waals surface area (Å²) in [6, 6.07) is 9.45. The first-order valence-electron chi connectivity index (χ1n) is 10.0. The Bertz CT molecular complexity index is 914. The highest BCUT2D eigenvalue weighted by molar-refractivity contribution is 6.46. The highest BCUT2D eigenvalue weighted by atomic mass is 16.5. The maximum absolute atomic E-state index is 12.9. The fraction of sp³-hybridized carbons (Fsp3) is 0.391. The van der Waals surface area contributed by atoms with Gasteiger partial charge in [0, 0.05) is 12.1 Å². The second-order valence-corrected chi connectivity index (χ2v) is 7.86. The Morgan fingerprint density at radius 3 is 2.47 bits per heavy atom. The van der Waals surface area contributed by atoms with Gasteiger partial charge in [0.1, 0.15) is 23.3 Å². The molecule has 1 N–H and O–H groups in total. The molecule has 3 rings (SSSR count). The molecule has 1 amide bonds. The van der Waals surface area contributed by atoms with Crippen molar-refractivity contribution < 1.29 is 23.8 Å². The quantitative estimate of drug-likeness (QED) is 0.406. The van der Waals surface area contributed by atoms with Gasteiger partial charge in [0.05, 0.1) is 17.9 Å². The Balaban J connectivity index is 1.97. The fourth-order valence-electron chi connectivity index (χ4n) is 3.53. The van der Waals surface area contributed by atoms with Gasteiger partial charge in [-0.15, -0.1) is 0 Å². The topological polar surface area (TPSA) is 83.2 Å². The number of rotatable bonds is 8. The molecule has 0 saturated carbocycles. The maximum Gasteiger partial charge on any atom is 0.295 e. The van der Waals surface area contributed by atoms with Crippen molar-refractivity contribution in [3.05, 3.63) is 59.6 Å². The molecule has 30 heavy (non-hydrogen) atoms. The molecular weight excluding hydrogens is 384 g/mol. The molecule has 7 heteroatoms. The average molecular weight is 412 g/mol. The zero-order valence-corrected chi connectivity index (χ0v) is 17.8. The molecule has 0 unspecified atom stereocenters. The van der Waals surface area contributed by atoms with Gasteiger partial charge in [0.25, 0.3) is 11.7 Å². The van der Waals surface area contributed by atoms with E-state index in [1.807, 2.05) is 32.8 Å². The van der Waals surface area contributed by atoms with E-state index < -0.39 is 17.7 Å². The lowest BCUT2D eigenvalue weighted by Crippen LogP contribution is -2.32. The Morgan fingerprint density at radius 1 is 1.20 bits per heavy atom. The molecule has 1 aromatic heterocycles. The number of aliphatic hydroxyl groups is 1. The van der Waals surface area contributed by atoms with Crippen molar-refractivity contribution in [3.63, 3.8) is 0 Å². The first kappa shape index (κ1) is 21.6. The lowest BCUT2D eigenvalue weighted by molar-refractivity contribution is -0.140. The van der Waals surface area contributed by atoms with Gasteiger partial charge >= 0.3 is 0 Å². The number of hydrogen-bond acceptors (Lipinski definition) is 6. The standard InChI is InChI=1S/C23H28N2O5/c1-15(2)30-17-10-8-16(9-11-17)21(26)19-20(18-7-5-14-29-18)25(23(28)22(19)27)13-6-12-24(3)4/h5,7-11,14-15,20,26H,6,12-13H2,1-4H3/b21-19+/t20-/m1/s1. The van der Waals surface area contributed by atoms with E-state index in [0.717, 1.165) is 6.54 Å². The molecule has 0 spiro atoms. The summed E-state index contributed by atoms with van der Waals surface area (Å²) < 4.78 is 11.2. The molecule has 1 aliphatic heterocycles. The number of likely N-dealkylation sites (tertiary alicyclic amines) is 1. The Morgan fingerprint density at radius 2 is 1.90 bits per heavy atom. The molecule has 0 radical (unpaired) electrons. The monoisotopic (exact) mass is 412 g/mol. The van der Waals surface area contributed by atoms with Crippen molar-refractivity contribution in [2.24, 2.45) is 0 Å². The lowest BCUT2D eigenvalue weighted by atomic mass is 9.99. The molecule has 1 fully saturated rings. The predicted molar refractivity (Wildman–Crippen MR) is 113 cm³/mol. The van der Waals surface area contributed by atoms with Crippen LogP contribution in [0, 0.1) is 0 Å². The van der Waals surface area contributed by atoms with Crippen molar-refractivity contribution in [2.75, 3.05) is 27.2 Å². The van der Waals surface area contributed by atoms with Gasteiger partial charge in [-0.2, -0.15) is 0 Å². The summed E-state index contributed by atoms with van der Waals surface area (Å²) in [6.07, 6.45) is 2.21. The van der Waals surface area contributed by atoms with E-state index >= 15 is 0 Å². The van der Waals surface area contributed by atoms with Gasteiger partial charge in [0.15, 0.2) is 0 Å². The number of benzene rings is 1. The number of carbonyl (C=O) groups excluding carboxylic acids is 2. The second-order valence-electron chi connectivity index (χ2n) is 7.86. The van der Waals surface area contributed by atoms with Crippen LogP contribution in [0.25, 0.3) is 5.76 Å². The minimum Gasteiger partial charge on any atom is -0.507 e. The number of Topliss-reactive ketones (excluding diaryl/α,β-unsaturated/α-hetero) is 1. The molecule has 0 aliphatic carbocycles. The van der Waals surface area contributed by atoms with E-state index in [9.17, 15) is 14.7 Å². The van der Waals surface area contributed by atoms with Crippen LogP contribution in [-0.4, -0.2) is 59.9 Å². The second kappa shape index (κ2) is 9.17. The molecule has 2 aromatic rings. The van der Waals surface area contributed by atoms with E-state index in [1.54, 1.807) is 36.4 Å². The maximum atomic E-state index is 12.9. The number of ether oxygens (including phenoxy) is 1. The number of carbonyl (C=O) groups is 2. The van der Waals surface area contributed by atoms with Crippen LogP contribution in [0.5, 0.6) is 5.75 Å². The van der Waals surface area contributed by atoms with Crippen LogP contribution in [-0.2, 0) is 9.59 Å². The number of amides is 1. The first-order chi connectivity index (χ1) is 14.3. The van der Waals surface area contributed by atoms with Crippen molar-refractivity contribution in [1.29, 1.82) is 0 Å². The predicted octanol–water partition coefficient (Wildman–Crippen LogP) is 3.44. The summed E-state index contributed by atoms with van der Waals surface area (Å²) in [6.45, 7) is 5.00. The van der Waals surface area contributed by atoms with E-state index in [0.29, 0.717) is 30.0 Å². The number of hydrogen-bond donors (Lipinski definition) is 1. The van der Waals surface area contributed by atoms with Gasteiger partial charge in [-0.1, -0.05) is 0 Å². The third kappa shape index (κ3) is 4.57. The van der Waals surface area contributed by atoms with E-state index in [-0.39, 0.29) is 17.4 Å². The molecule has 1 atom stereocenters. The van der Waals surface area contributed by atoms with Gasteiger partial charge in [-0.25, -0.2) is 0 Å². The molecular formula is C23H28N2O5. The molecule has 0 bridgehead atoms. The smallest absolute Gasteiger partial charge is 0.295 e. The first-order valence-corrected chi connectivity index (χ1v) is 10.0. The number of ketones is 1. The zero-order valence-electron chi connectivity index (χ0n) is 17.8. The minimum absolute atomic E-state index is 0.0240. The number of nitrogens with zero attached hydrogens (tertiary/aromatic N) is 2. The van der Waals surface area contributed by atoms with Crippen LogP contribution in [0.4, 0.5) is 0 Å². The zero-order chi connectivity index (χ0) is 21.8. The van der Waals surface area contributed by atoms with E-state index in [2.05, 4.69) is 0 Å². The molecule has 1 aromatic carbocycles. The largest absolute Gasteiger partial charge is 0.507 e. The Labute approximate surface area is 176 Å². The molecule has 160 valence electrons. The summed E-state index contributed by atoms with van der Waals surface area (Å²) in [4.78, 5) is 29.1. The van der Waals surface area contributed by atoms with Crippen LogP contribution in [0.15, 0.2) is 52.7 Å². The van der Waals surface area contributed by atoms with Crippen molar-refractivity contribution >= 4 is 17.4 Å². The molecule has 7 nitrogen and oxygen atoms in total. The van der Waals surface area contributed by atoms with Crippen LogP contribution >= 0.6 is 0 Å². The van der Waals surface area contributed by atoms with Gasteiger partial charge in [-0.3, -0.25) is 9.59 Å². The number of aliphatic hydroxyl groups excluding tert-OH is 1. The summed E-state index contributed by atoms with van der Waals surface area (Å²) in [5.74, 6) is -0.452. The molecule has 2 heterocycles. The normalized spacial score (nSPS) is 18.6. The van der Waals surface area contributed by atoms with Crippen molar-refractivity contribution in [1.82, 2.24) is 9.80 Å². The van der Waals surface area contributed by atoms with Crippen LogP contribution in [0.2, 0.25) is 0 Å². The summed E-state index contributed by atoms with van der Waals surface area (Å²) >= 11 is 0. The van der Waals surface area contributed by atoms with Gasteiger partial charge in [0.2, 0.25) is 0 Å².